The van der Waals surface area contributed by atoms with Crippen LogP contribution in [0.4, 0.5) is 0 Å². The minimum Gasteiger partial charge on any atom is -0.322 e. The first-order valence-corrected chi connectivity index (χ1v) is 4.73. The molecule has 12 heavy (non-hydrogen) atoms. The average molecular weight is 175 g/mol. The molecule has 0 bridgehead atoms. The van der Waals surface area contributed by atoms with Crippen molar-refractivity contribution in [1.82, 2.24) is 0 Å². The Morgan fingerprint density at radius 3 is 1.25 bits per heavy atom. The van der Waals surface area contributed by atoms with E-state index in [0.717, 1.165) is 0 Å². The molecule has 0 rings (SSSR count). The summed E-state index contributed by atoms with van der Waals surface area (Å²) in [6.45, 7) is 11.6. The zero-order valence-electron chi connectivity index (χ0n) is 9.48. The summed E-state index contributed by atoms with van der Waals surface area (Å²) in [7, 11) is 0. The van der Waals surface area contributed by atoms with Crippen LogP contribution in [-0.2, 0) is 4.79 Å². The molecule has 0 aromatic rings. The number of Topliss-reactive ketones (excluding diaryl/α,β-unsaturated/α-hetero) is 1. The molecule has 0 spiro atoms. The Morgan fingerprint density at radius 1 is 1.17 bits per heavy atom. The maximum atomic E-state index is 10.0. The van der Waals surface area contributed by atoms with Gasteiger partial charge in [0.1, 0.15) is 5.78 Å². The number of nitrogens with two attached hydrogens (primary N) is 1. The molecule has 0 amide bonds. The molecule has 0 heterocycles. The van der Waals surface area contributed by atoms with E-state index in [9.17, 15) is 4.79 Å². The van der Waals surface area contributed by atoms with Crippen molar-refractivity contribution in [2.45, 2.75) is 60.4 Å². The fourth-order valence-corrected chi connectivity index (χ4v) is 0. The normalized spacial score (nSPS) is 9.92. The molecule has 0 radical (unpaired) electrons. The molecule has 1 atom stereocenters. The van der Waals surface area contributed by atoms with E-state index in [4.69, 9.17) is 5.73 Å². The van der Waals surface area contributed by atoms with Crippen molar-refractivity contribution in [3.8, 4) is 0 Å². The van der Waals surface area contributed by atoms with Crippen LogP contribution in [0.5, 0.6) is 0 Å². The monoisotopic (exact) mass is 175 g/mol. The van der Waals surface area contributed by atoms with Crippen LogP contribution >= 0.6 is 0 Å². The van der Waals surface area contributed by atoms with Gasteiger partial charge >= 0.3 is 0 Å². The zero-order chi connectivity index (χ0) is 10.6. The Hall–Kier alpha value is -0.370. The van der Waals surface area contributed by atoms with E-state index in [1.165, 1.54) is 19.8 Å². The summed E-state index contributed by atoms with van der Waals surface area (Å²) in [4.78, 5) is 10.0. The highest BCUT2D eigenvalue weighted by Gasteiger charge is 1.95. The molecule has 2 nitrogen and oxygen atoms in total. The molecule has 76 valence electrons. The predicted octanol–water partition coefficient (Wildman–Crippen LogP) is 2.76. The summed E-state index contributed by atoms with van der Waals surface area (Å²) in [5, 5.41) is 0. The number of ketones is 1. The number of rotatable bonds is 1. The lowest BCUT2D eigenvalue weighted by Gasteiger charge is -1.91. The smallest absolute Gasteiger partial charge is 0.146 e. The van der Waals surface area contributed by atoms with Crippen LogP contribution in [0.25, 0.3) is 0 Å². The fourth-order valence-electron chi connectivity index (χ4n) is 0. The third-order valence-corrected chi connectivity index (χ3v) is 0.641. The van der Waals surface area contributed by atoms with Crippen molar-refractivity contribution in [2.75, 3.05) is 0 Å². The molecule has 0 aliphatic carbocycles. The van der Waals surface area contributed by atoms with Gasteiger partial charge in [0.25, 0.3) is 0 Å². The zero-order valence-corrected chi connectivity index (χ0v) is 9.48. The van der Waals surface area contributed by atoms with Gasteiger partial charge in [0.15, 0.2) is 0 Å². The summed E-state index contributed by atoms with van der Waals surface area (Å²) in [5.41, 5.74) is 5.09. The van der Waals surface area contributed by atoms with E-state index in [1.807, 2.05) is 0 Å². The Bertz CT molecular complexity index is 77.9. The van der Waals surface area contributed by atoms with E-state index in [0.29, 0.717) is 0 Å². The highest BCUT2D eigenvalue weighted by molar-refractivity contribution is 5.80. The minimum atomic E-state index is -0.287. The number of hydrogen-bond donors (Lipinski definition) is 1. The lowest BCUT2D eigenvalue weighted by molar-refractivity contribution is -0.117. The maximum Gasteiger partial charge on any atom is 0.146 e. The van der Waals surface area contributed by atoms with Crippen molar-refractivity contribution in [1.29, 1.82) is 0 Å². The molecule has 1 unspecified atom stereocenters. The highest BCUT2D eigenvalue weighted by atomic mass is 16.1. The molecule has 0 aliphatic heterocycles. The Balaban J connectivity index is -0.000000115. The van der Waals surface area contributed by atoms with Crippen molar-refractivity contribution >= 4 is 5.78 Å². The molecule has 0 saturated heterocycles. The van der Waals surface area contributed by atoms with Gasteiger partial charge < -0.3 is 5.73 Å². The molecular formula is C10H25NO. The predicted molar refractivity (Wildman–Crippen MR) is 56.3 cm³/mol. The molecule has 0 fully saturated rings. The molecule has 0 aromatic carbocycles. The first-order chi connectivity index (χ1) is 5.47. The maximum absolute atomic E-state index is 10.0. The SMILES string of the molecule is CC(=O)C(C)N.CCC.CCC. The molecule has 0 saturated carbocycles. The lowest BCUT2D eigenvalue weighted by atomic mass is 10.3. The molecule has 0 aliphatic rings. The van der Waals surface area contributed by atoms with Gasteiger partial charge in [0.2, 0.25) is 0 Å². The van der Waals surface area contributed by atoms with E-state index in [1.54, 1.807) is 6.92 Å². The van der Waals surface area contributed by atoms with Crippen molar-refractivity contribution in [2.24, 2.45) is 5.73 Å². The molecule has 2 heteroatoms. The van der Waals surface area contributed by atoms with Crippen molar-refractivity contribution < 1.29 is 4.79 Å². The number of hydrogen-bond acceptors (Lipinski definition) is 2. The van der Waals surface area contributed by atoms with Gasteiger partial charge in [-0.05, 0) is 13.8 Å². The van der Waals surface area contributed by atoms with Gasteiger partial charge in [-0.25, -0.2) is 0 Å². The van der Waals surface area contributed by atoms with E-state index in [-0.39, 0.29) is 11.8 Å². The van der Waals surface area contributed by atoms with Gasteiger partial charge in [-0.15, -0.1) is 0 Å². The average Bonchev–Trinajstić information content (AvgIpc) is 1.90. The summed E-state index contributed by atoms with van der Waals surface area (Å²) in [5.74, 6) is 0.0370. The standard InChI is InChI=1S/C4H9NO.2C3H8/c1-3(5)4(2)6;2*1-3-2/h3H,5H2,1-2H3;2*3H2,1-2H3. The quantitative estimate of drug-likeness (QED) is 0.666. The van der Waals surface area contributed by atoms with Gasteiger partial charge in [0, 0.05) is 0 Å². The van der Waals surface area contributed by atoms with Gasteiger partial charge in [-0.1, -0.05) is 40.5 Å². The van der Waals surface area contributed by atoms with Crippen LogP contribution in [0, 0.1) is 0 Å². The van der Waals surface area contributed by atoms with Crippen LogP contribution in [-0.4, -0.2) is 11.8 Å². The molecular weight excluding hydrogens is 150 g/mol. The first-order valence-electron chi connectivity index (χ1n) is 4.73. The molecule has 0 aromatic heterocycles. The third-order valence-electron chi connectivity index (χ3n) is 0.641. The third kappa shape index (κ3) is 54.4. The first kappa shape index (κ1) is 17.6. The van der Waals surface area contributed by atoms with Crippen LogP contribution in [0.2, 0.25) is 0 Å². The van der Waals surface area contributed by atoms with Gasteiger partial charge in [-0.3, -0.25) is 4.79 Å². The minimum absolute atomic E-state index is 0.0370. The second-order valence-electron chi connectivity index (χ2n) is 2.81. The summed E-state index contributed by atoms with van der Waals surface area (Å²) in [6, 6.07) is -0.287. The van der Waals surface area contributed by atoms with Crippen LogP contribution in [0.1, 0.15) is 54.4 Å². The van der Waals surface area contributed by atoms with Gasteiger partial charge in [-0.2, -0.15) is 0 Å². The van der Waals surface area contributed by atoms with Crippen molar-refractivity contribution in [3.05, 3.63) is 0 Å². The largest absolute Gasteiger partial charge is 0.322 e. The van der Waals surface area contributed by atoms with Crippen molar-refractivity contribution in [3.63, 3.8) is 0 Å². The fraction of sp³-hybridized carbons (Fsp3) is 0.900. The Kier molecular flexibility index (Phi) is 24.9. The van der Waals surface area contributed by atoms with E-state index < -0.39 is 0 Å². The van der Waals surface area contributed by atoms with E-state index >= 15 is 0 Å². The van der Waals surface area contributed by atoms with Crippen LogP contribution < -0.4 is 5.73 Å². The number of carbonyl (C=O) groups is 1. The number of carbonyl (C=O) groups excluding carboxylic acids is 1. The Morgan fingerprint density at radius 2 is 1.25 bits per heavy atom. The summed E-state index contributed by atoms with van der Waals surface area (Å²) in [6.07, 6.45) is 2.50. The second kappa shape index (κ2) is 16.9. The van der Waals surface area contributed by atoms with E-state index in [2.05, 4.69) is 27.7 Å². The summed E-state index contributed by atoms with van der Waals surface area (Å²) >= 11 is 0. The topological polar surface area (TPSA) is 43.1 Å². The highest BCUT2D eigenvalue weighted by Crippen LogP contribution is 1.72. The van der Waals surface area contributed by atoms with Crippen LogP contribution in [0.15, 0.2) is 0 Å². The lowest BCUT2D eigenvalue weighted by Crippen LogP contribution is -2.23. The van der Waals surface area contributed by atoms with Gasteiger partial charge in [0.05, 0.1) is 6.04 Å². The second-order valence-corrected chi connectivity index (χ2v) is 2.81. The van der Waals surface area contributed by atoms with Crippen LogP contribution in [0.3, 0.4) is 0 Å². The Labute approximate surface area is 77.5 Å². The summed E-state index contributed by atoms with van der Waals surface area (Å²) < 4.78 is 0. The molecule has 2 N–H and O–H groups in total.